The molecule has 0 saturated carbocycles. The van der Waals surface area contributed by atoms with E-state index in [9.17, 15) is 0 Å². The van der Waals surface area contributed by atoms with E-state index in [1.807, 2.05) is 0 Å². The number of fused-ring (bicyclic) bond motifs is 8. The second kappa shape index (κ2) is 37.3. The Bertz CT molecular complexity index is 2880. The van der Waals surface area contributed by atoms with Crippen molar-refractivity contribution in [1.29, 1.82) is 0 Å². The molecule has 7 aromatic rings. The van der Waals surface area contributed by atoms with Gasteiger partial charge >= 0.3 is 17.1 Å². The maximum Gasteiger partial charge on any atom is 3.00 e. The smallest absolute Gasteiger partial charge is 1.00 e. The van der Waals surface area contributed by atoms with Gasteiger partial charge in [-0.05, 0) is 74.3 Å². The van der Waals surface area contributed by atoms with Crippen LogP contribution in [-0.4, -0.2) is 62.8 Å². The van der Waals surface area contributed by atoms with Crippen LogP contribution in [0.5, 0.6) is 0 Å². The molecular formula is C64H76Cl5MnN8O4. The Morgan fingerprint density at radius 1 is 0.329 bits per heavy atom. The van der Waals surface area contributed by atoms with Gasteiger partial charge in [-0.25, -0.2) is 9.97 Å². The zero-order valence-electron chi connectivity index (χ0n) is 47.5. The number of hydrogen-bond acceptors (Lipinski definition) is 6. The molecule has 9 rings (SSSR count). The van der Waals surface area contributed by atoms with Gasteiger partial charge in [0, 0.05) is 75.0 Å². The van der Waals surface area contributed by atoms with Crippen LogP contribution in [0.25, 0.3) is 91.4 Å². The maximum absolute atomic E-state index is 6.17. The Kier molecular flexibility index (Phi) is 32.5. The summed E-state index contributed by atoms with van der Waals surface area (Å²) < 4.78 is 33.7. The first-order valence-corrected chi connectivity index (χ1v) is 27.9. The molecule has 0 N–H and O–H groups in total. The largest absolute Gasteiger partial charge is 3.00 e. The molecule has 438 valence electrons. The fraction of sp³-hybridized carbons (Fsp3) is 0.375. The minimum absolute atomic E-state index is 0. The minimum atomic E-state index is 0. The van der Waals surface area contributed by atoms with Gasteiger partial charge in [0.2, 0.25) is 22.8 Å². The number of halogens is 5. The molecule has 0 unspecified atom stereocenters. The summed E-state index contributed by atoms with van der Waals surface area (Å²) in [6, 6.07) is 34.0. The first-order valence-electron chi connectivity index (χ1n) is 27.9. The molecule has 0 fully saturated rings. The van der Waals surface area contributed by atoms with Crippen LogP contribution in [0.2, 0.25) is 0 Å². The fourth-order valence-electron chi connectivity index (χ4n) is 9.78. The third-order valence-electron chi connectivity index (χ3n) is 13.9. The third kappa shape index (κ3) is 18.0. The van der Waals surface area contributed by atoms with Crippen molar-refractivity contribution in [3.05, 3.63) is 145 Å². The van der Waals surface area contributed by atoms with E-state index in [-0.39, 0.29) is 79.1 Å². The number of ether oxygens (including phenoxy) is 4. The Labute approximate surface area is 526 Å². The van der Waals surface area contributed by atoms with Gasteiger partial charge in [0.15, 0.2) is 51.0 Å². The molecule has 2 aliphatic rings. The second-order valence-corrected chi connectivity index (χ2v) is 19.3. The summed E-state index contributed by atoms with van der Waals surface area (Å²) >= 11 is 0. The van der Waals surface area contributed by atoms with Gasteiger partial charge in [0.05, 0.1) is 45.0 Å². The van der Waals surface area contributed by atoms with Gasteiger partial charge in [-0.15, -0.1) is 22.1 Å². The van der Waals surface area contributed by atoms with Crippen LogP contribution in [-0.2, 0) is 62.2 Å². The molecule has 18 heteroatoms. The Morgan fingerprint density at radius 3 is 0.780 bits per heavy atom. The minimum Gasteiger partial charge on any atom is -1.00 e. The van der Waals surface area contributed by atoms with Gasteiger partial charge in [0.1, 0.15) is 26.4 Å². The van der Waals surface area contributed by atoms with Crippen molar-refractivity contribution in [3.8, 4) is 45.0 Å². The van der Waals surface area contributed by atoms with Crippen molar-refractivity contribution >= 4 is 46.4 Å². The van der Waals surface area contributed by atoms with Crippen LogP contribution in [0, 0.1) is 0 Å². The molecule has 0 saturated heterocycles. The number of aromatic nitrogens is 8. The summed E-state index contributed by atoms with van der Waals surface area (Å²) in [4.78, 5) is 22.6. The number of hydrogen-bond donors (Lipinski definition) is 0. The molecule has 0 atom stereocenters. The van der Waals surface area contributed by atoms with E-state index in [0.717, 1.165) is 168 Å². The average molecular weight is 1250 g/mol. The van der Waals surface area contributed by atoms with Gasteiger partial charge < -0.3 is 91.0 Å². The predicted molar refractivity (Wildman–Crippen MR) is 302 cm³/mol. The van der Waals surface area contributed by atoms with Crippen molar-refractivity contribution in [2.45, 2.75) is 105 Å². The van der Waals surface area contributed by atoms with E-state index in [4.69, 9.17) is 38.9 Å². The van der Waals surface area contributed by atoms with Crippen molar-refractivity contribution in [3.63, 3.8) is 0 Å². The number of rotatable bonds is 28. The predicted octanol–water partition coefficient (Wildman–Crippen LogP) is -3.98. The van der Waals surface area contributed by atoms with E-state index in [1.165, 1.54) is 0 Å². The van der Waals surface area contributed by atoms with Crippen LogP contribution in [0.1, 0.15) is 102 Å². The Hall–Kier alpha value is -4.99. The Balaban J connectivity index is 0.00000294. The normalized spacial score (nSPS) is 11.2. The third-order valence-corrected chi connectivity index (χ3v) is 13.9. The molecule has 9 heterocycles. The van der Waals surface area contributed by atoms with Gasteiger partial charge in [-0.2, -0.15) is 18.3 Å². The van der Waals surface area contributed by atoms with E-state index < -0.39 is 0 Å². The SMILES string of the molecule is CCCCOCC[n+]1ccccc1-c1c2nc(c(-c3cccc[n+]3CCOCCCC)c3ccc([n-]3)c(-c3cccc[n+]3CCOCCCC)c3nc(c(-c4cccc[n+]4CCOCCCC)c4ccc1[n-]4)C=C3)C=C2.[Cl-].[Cl-].[Cl-].[Cl-].[Cl-].[Mn+3]. The van der Waals surface area contributed by atoms with Crippen LogP contribution in [0.15, 0.2) is 122 Å². The van der Waals surface area contributed by atoms with Crippen molar-refractivity contribution < 1.29 is 116 Å². The molecule has 12 nitrogen and oxygen atoms in total. The topological polar surface area (TPSA) is 106 Å². The van der Waals surface area contributed by atoms with Gasteiger partial charge in [0.25, 0.3) is 0 Å². The Morgan fingerprint density at radius 2 is 0.561 bits per heavy atom. The molecule has 0 amide bonds. The molecular weight excluding hydrogens is 1180 g/mol. The van der Waals surface area contributed by atoms with Crippen molar-refractivity contribution in [1.82, 2.24) is 19.9 Å². The molecule has 0 radical (unpaired) electrons. The zero-order chi connectivity index (χ0) is 52.3. The molecule has 7 aromatic heterocycles. The standard InChI is InChI=1S/C64H76N8O4.5ClH.Mn/c1-5-9-41-73-45-37-69-33-17-13-21-57(69)61-49-25-27-51(65-49)62(58-22-14-18-34-70(58)38-46-74-42-10-6-2)53-29-31-55(67-53)64(60-24-16-20-36-72(60)40-48-76-44-12-8-4)56-32-30-54(68-56)63(52-28-26-50(61)66-52)59-23-15-19-35-71(59)39-47-75-43-11-7-3;;;;;;/h13-36H,5-12,37-48H2,1-4H3;5*1H;/q+2;;;;;;+3/p-5. The number of unbranched alkanes of at least 4 members (excludes halogenated alkanes) is 4. The summed E-state index contributed by atoms with van der Waals surface area (Å²) in [5.41, 5.74) is 14.1. The van der Waals surface area contributed by atoms with Crippen LogP contribution in [0.3, 0.4) is 0 Å². The molecule has 82 heavy (non-hydrogen) atoms. The first kappa shape index (κ1) is 71.3. The molecule has 8 bridgehead atoms. The van der Waals surface area contributed by atoms with Crippen molar-refractivity contribution in [2.75, 3.05) is 52.9 Å². The van der Waals surface area contributed by atoms with E-state index in [2.05, 4.69) is 192 Å². The summed E-state index contributed by atoms with van der Waals surface area (Å²) in [7, 11) is 0. The van der Waals surface area contributed by atoms with Gasteiger partial charge in [-0.3, -0.25) is 0 Å². The first-order chi connectivity index (χ1) is 37.6. The summed E-state index contributed by atoms with van der Waals surface area (Å²) in [5, 5.41) is 0. The molecule has 0 spiro atoms. The number of nitrogens with zero attached hydrogens (tertiary/aromatic N) is 8. The maximum atomic E-state index is 6.17. The van der Waals surface area contributed by atoms with E-state index in [0.29, 0.717) is 52.6 Å². The second-order valence-electron chi connectivity index (χ2n) is 19.3. The number of pyridine rings is 4. The summed E-state index contributed by atoms with van der Waals surface area (Å²) in [6.07, 6.45) is 25.6. The quantitative estimate of drug-likeness (QED) is 0.0278. The van der Waals surface area contributed by atoms with Crippen LogP contribution >= 0.6 is 0 Å². The van der Waals surface area contributed by atoms with E-state index >= 15 is 0 Å². The summed E-state index contributed by atoms with van der Waals surface area (Å²) in [5.74, 6) is 0. The van der Waals surface area contributed by atoms with Crippen LogP contribution < -0.4 is 90.3 Å². The molecule has 0 aliphatic carbocycles. The fourth-order valence-corrected chi connectivity index (χ4v) is 9.78. The molecule has 2 aliphatic heterocycles. The zero-order valence-corrected chi connectivity index (χ0v) is 52.4. The van der Waals surface area contributed by atoms with E-state index in [1.54, 1.807) is 0 Å². The summed E-state index contributed by atoms with van der Waals surface area (Å²) in [6.45, 7) is 16.7. The average Bonchev–Trinajstić information content (AvgIpc) is 4.39. The van der Waals surface area contributed by atoms with Crippen molar-refractivity contribution in [2.24, 2.45) is 0 Å². The van der Waals surface area contributed by atoms with Crippen LogP contribution in [0.4, 0.5) is 0 Å². The molecule has 0 aromatic carbocycles. The monoisotopic (exact) mass is 1250 g/mol. The van der Waals surface area contributed by atoms with Gasteiger partial charge in [-0.1, -0.05) is 77.6 Å².